The topological polar surface area (TPSA) is 37.3 Å². The van der Waals surface area contributed by atoms with Crippen molar-refractivity contribution in [1.82, 2.24) is 0 Å². The minimum Gasteiger partial charge on any atom is -0.478 e. The van der Waals surface area contributed by atoms with Crippen molar-refractivity contribution in [3.8, 4) is 0 Å². The van der Waals surface area contributed by atoms with Crippen LogP contribution in [0.5, 0.6) is 0 Å². The van der Waals surface area contributed by atoms with E-state index in [1.165, 1.54) is 16.7 Å². The molecule has 0 unspecified atom stereocenters. The highest BCUT2D eigenvalue weighted by atomic mass is 32.2. The Labute approximate surface area is 123 Å². The predicted molar refractivity (Wildman–Crippen MR) is 83.6 cm³/mol. The van der Waals surface area contributed by atoms with Gasteiger partial charge in [-0.15, -0.1) is 11.8 Å². The molecule has 20 heavy (non-hydrogen) atoms. The predicted octanol–water partition coefficient (Wildman–Crippen LogP) is 4.60. The first-order chi connectivity index (χ1) is 9.49. The van der Waals surface area contributed by atoms with Crippen LogP contribution in [0.25, 0.3) is 0 Å². The number of carbonyl (C=O) groups is 1. The summed E-state index contributed by atoms with van der Waals surface area (Å²) in [4.78, 5) is 12.1. The molecule has 2 nitrogen and oxygen atoms in total. The number of aromatic carboxylic acids is 1. The summed E-state index contributed by atoms with van der Waals surface area (Å²) >= 11 is 1.70. The lowest BCUT2D eigenvalue weighted by Crippen LogP contribution is -1.97. The van der Waals surface area contributed by atoms with Crippen LogP contribution in [-0.4, -0.2) is 11.1 Å². The molecule has 0 atom stereocenters. The second kappa shape index (κ2) is 6.14. The van der Waals surface area contributed by atoms with Gasteiger partial charge in [-0.3, -0.25) is 0 Å². The van der Waals surface area contributed by atoms with Gasteiger partial charge in [0.15, 0.2) is 0 Å². The van der Waals surface area contributed by atoms with Crippen LogP contribution in [-0.2, 0) is 5.75 Å². The Morgan fingerprint density at radius 1 is 1.05 bits per heavy atom. The maximum Gasteiger partial charge on any atom is 0.335 e. The largest absolute Gasteiger partial charge is 0.478 e. The third-order valence-electron chi connectivity index (χ3n) is 3.45. The molecule has 0 amide bonds. The van der Waals surface area contributed by atoms with E-state index in [0.29, 0.717) is 5.56 Å². The van der Waals surface area contributed by atoms with E-state index in [1.807, 2.05) is 13.0 Å². The van der Waals surface area contributed by atoms with Crippen LogP contribution in [0.3, 0.4) is 0 Å². The fraction of sp³-hybridized carbons (Fsp3) is 0.235. The van der Waals surface area contributed by atoms with Crippen molar-refractivity contribution in [1.29, 1.82) is 0 Å². The third-order valence-corrected chi connectivity index (χ3v) is 4.64. The van der Waals surface area contributed by atoms with Crippen LogP contribution in [0, 0.1) is 20.8 Å². The zero-order chi connectivity index (χ0) is 14.7. The monoisotopic (exact) mass is 286 g/mol. The van der Waals surface area contributed by atoms with Crippen molar-refractivity contribution in [2.24, 2.45) is 0 Å². The highest BCUT2D eigenvalue weighted by Gasteiger charge is 2.08. The zero-order valence-corrected chi connectivity index (χ0v) is 12.8. The average Bonchev–Trinajstić information content (AvgIpc) is 2.39. The molecule has 0 heterocycles. The lowest BCUT2D eigenvalue weighted by molar-refractivity contribution is 0.0696. The van der Waals surface area contributed by atoms with Crippen molar-refractivity contribution in [2.75, 3.05) is 0 Å². The van der Waals surface area contributed by atoms with Crippen molar-refractivity contribution >= 4 is 17.7 Å². The first kappa shape index (κ1) is 14.7. The summed E-state index contributed by atoms with van der Waals surface area (Å²) in [6.07, 6.45) is 0. The Hall–Kier alpha value is -1.74. The number of rotatable bonds is 4. The summed E-state index contributed by atoms with van der Waals surface area (Å²) in [6.45, 7) is 6.24. The quantitative estimate of drug-likeness (QED) is 0.834. The molecule has 0 radical (unpaired) electrons. The molecule has 0 aliphatic heterocycles. The fourth-order valence-electron chi connectivity index (χ4n) is 2.12. The molecule has 0 aliphatic carbocycles. The molecule has 0 fully saturated rings. The molecule has 2 rings (SSSR count). The van der Waals surface area contributed by atoms with Gasteiger partial charge in [0.05, 0.1) is 5.56 Å². The van der Waals surface area contributed by atoms with Gasteiger partial charge < -0.3 is 5.11 Å². The number of aryl methyl sites for hydroxylation is 3. The summed E-state index contributed by atoms with van der Waals surface area (Å²) in [7, 11) is 0. The lowest BCUT2D eigenvalue weighted by Gasteiger charge is -2.11. The normalized spacial score (nSPS) is 10.6. The average molecular weight is 286 g/mol. The van der Waals surface area contributed by atoms with Gasteiger partial charge in [-0.05, 0) is 55.2 Å². The molecular formula is C17H18O2S. The van der Waals surface area contributed by atoms with Crippen LogP contribution in [0.1, 0.15) is 32.6 Å². The van der Waals surface area contributed by atoms with Crippen LogP contribution < -0.4 is 0 Å². The van der Waals surface area contributed by atoms with E-state index in [0.717, 1.165) is 16.2 Å². The molecule has 1 N–H and O–H groups in total. The summed E-state index contributed by atoms with van der Waals surface area (Å²) in [5.41, 5.74) is 5.36. The summed E-state index contributed by atoms with van der Waals surface area (Å²) in [5, 5.41) is 9.06. The number of hydrogen-bond acceptors (Lipinski definition) is 2. The first-order valence-corrected chi connectivity index (χ1v) is 7.49. The molecule has 0 aromatic heterocycles. The van der Waals surface area contributed by atoms with Crippen molar-refractivity contribution < 1.29 is 9.90 Å². The van der Waals surface area contributed by atoms with E-state index in [2.05, 4.69) is 32.0 Å². The van der Waals surface area contributed by atoms with Crippen molar-refractivity contribution in [3.63, 3.8) is 0 Å². The molecule has 0 saturated heterocycles. The minimum absolute atomic E-state index is 0.347. The number of carboxylic acid groups (broad SMARTS) is 1. The Balaban J connectivity index is 2.23. The molecule has 104 valence electrons. The van der Waals surface area contributed by atoms with Crippen LogP contribution in [0.4, 0.5) is 0 Å². The number of benzene rings is 2. The van der Waals surface area contributed by atoms with Gasteiger partial charge in [-0.1, -0.05) is 24.3 Å². The molecule has 0 aliphatic rings. The molecule has 2 aromatic rings. The summed E-state index contributed by atoms with van der Waals surface area (Å²) < 4.78 is 0. The second-order valence-electron chi connectivity index (χ2n) is 4.94. The smallest absolute Gasteiger partial charge is 0.335 e. The Morgan fingerprint density at radius 2 is 1.70 bits per heavy atom. The Morgan fingerprint density at radius 3 is 2.30 bits per heavy atom. The summed E-state index contributed by atoms with van der Waals surface area (Å²) in [5.74, 6) is -0.0125. The van der Waals surface area contributed by atoms with Gasteiger partial charge in [0.25, 0.3) is 0 Å². The van der Waals surface area contributed by atoms with E-state index in [-0.39, 0.29) is 0 Å². The highest BCUT2D eigenvalue weighted by Crippen LogP contribution is 2.29. The lowest BCUT2D eigenvalue weighted by atomic mass is 10.1. The van der Waals surface area contributed by atoms with Gasteiger partial charge in [0.1, 0.15) is 0 Å². The van der Waals surface area contributed by atoms with Gasteiger partial charge >= 0.3 is 5.97 Å². The minimum atomic E-state index is -0.876. The molecule has 0 saturated carbocycles. The van der Waals surface area contributed by atoms with E-state index in [1.54, 1.807) is 23.9 Å². The summed E-state index contributed by atoms with van der Waals surface area (Å²) in [6, 6.07) is 11.6. The number of hydrogen-bond donors (Lipinski definition) is 1. The second-order valence-corrected chi connectivity index (χ2v) is 5.96. The standard InChI is InChI=1S/C17H18O2S/c1-11-5-4-6-12(2)15(11)10-20-16-9-14(17(18)19)8-7-13(16)3/h4-9H,10H2,1-3H3,(H,18,19). The number of thioether (sulfide) groups is 1. The Bertz CT molecular complexity index is 627. The van der Waals surface area contributed by atoms with Crippen molar-refractivity contribution in [3.05, 3.63) is 64.2 Å². The number of carboxylic acids is 1. The molecular weight excluding hydrogens is 268 g/mol. The molecule has 2 aromatic carbocycles. The van der Waals surface area contributed by atoms with E-state index < -0.39 is 5.97 Å². The maximum absolute atomic E-state index is 11.0. The van der Waals surface area contributed by atoms with Gasteiger partial charge in [-0.25, -0.2) is 4.79 Å². The van der Waals surface area contributed by atoms with Crippen LogP contribution >= 0.6 is 11.8 Å². The van der Waals surface area contributed by atoms with Gasteiger partial charge in [0.2, 0.25) is 0 Å². The fourth-order valence-corrected chi connectivity index (χ4v) is 3.38. The van der Waals surface area contributed by atoms with Gasteiger partial charge in [0, 0.05) is 10.6 Å². The SMILES string of the molecule is Cc1ccc(C(=O)O)cc1SCc1c(C)cccc1C. The maximum atomic E-state index is 11.0. The first-order valence-electron chi connectivity index (χ1n) is 6.51. The van der Waals surface area contributed by atoms with Crippen molar-refractivity contribution in [2.45, 2.75) is 31.4 Å². The van der Waals surface area contributed by atoms with E-state index in [9.17, 15) is 4.79 Å². The molecule has 0 spiro atoms. The van der Waals surface area contributed by atoms with Gasteiger partial charge in [-0.2, -0.15) is 0 Å². The highest BCUT2D eigenvalue weighted by molar-refractivity contribution is 7.98. The third kappa shape index (κ3) is 3.23. The van der Waals surface area contributed by atoms with Crippen LogP contribution in [0.15, 0.2) is 41.3 Å². The molecule has 3 heteroatoms. The van der Waals surface area contributed by atoms with E-state index in [4.69, 9.17) is 5.11 Å². The zero-order valence-electron chi connectivity index (χ0n) is 11.9. The molecule has 0 bridgehead atoms. The van der Waals surface area contributed by atoms with Crippen LogP contribution in [0.2, 0.25) is 0 Å². The van der Waals surface area contributed by atoms with E-state index >= 15 is 0 Å². The Kier molecular flexibility index (Phi) is 4.50.